The molecule has 0 amide bonds. The first-order valence-corrected chi connectivity index (χ1v) is 4.88. The maximum absolute atomic E-state index is 9.22. The van der Waals surface area contributed by atoms with Crippen LogP contribution in [-0.2, 0) is 28.3 Å². The molecule has 1 nitrogen and oxygen atoms in total. The van der Waals surface area contributed by atoms with Gasteiger partial charge in [-0.25, -0.2) is 0 Å². The largest absolute Gasteiger partial charge is 2.00 e. The quantitative estimate of drug-likeness (QED) is 0.575. The standard InChI is InChI=1S/C13H14O.2ClH.Ti/c1-10-5-4-8-12(10)13-7-3-2-6-11(13)9-14;;;/h2-7,14H,8-9H2,1H3;2*1H;/q;;;+2/p-2. The number of benzene rings is 1. The number of allylic oxidation sites excluding steroid dienone is 4. The summed E-state index contributed by atoms with van der Waals surface area (Å²) in [5.74, 6) is 0. The SMILES string of the molecule is CC1=C(c2ccccc2CO)CC=C1.[Cl-].[Cl-].[Ti+2]. The topological polar surface area (TPSA) is 20.2 Å². The van der Waals surface area contributed by atoms with Gasteiger partial charge in [0, 0.05) is 0 Å². The second kappa shape index (κ2) is 8.96. The minimum Gasteiger partial charge on any atom is -1.00 e. The van der Waals surface area contributed by atoms with E-state index in [0.717, 1.165) is 12.0 Å². The Morgan fingerprint density at radius 1 is 1.18 bits per heavy atom. The molecule has 1 aromatic carbocycles. The summed E-state index contributed by atoms with van der Waals surface area (Å²) in [6.45, 7) is 2.24. The van der Waals surface area contributed by atoms with Crippen LogP contribution >= 0.6 is 0 Å². The van der Waals surface area contributed by atoms with Gasteiger partial charge in [-0.1, -0.05) is 36.4 Å². The van der Waals surface area contributed by atoms with Gasteiger partial charge in [0.2, 0.25) is 0 Å². The summed E-state index contributed by atoms with van der Waals surface area (Å²) >= 11 is 0. The molecule has 0 radical (unpaired) electrons. The molecule has 17 heavy (non-hydrogen) atoms. The Bertz CT molecular complexity index is 414. The fourth-order valence-corrected chi connectivity index (χ4v) is 1.89. The van der Waals surface area contributed by atoms with Crippen molar-refractivity contribution in [1.29, 1.82) is 0 Å². The summed E-state index contributed by atoms with van der Waals surface area (Å²) in [5, 5.41) is 9.22. The van der Waals surface area contributed by atoms with Crippen LogP contribution in [0.1, 0.15) is 24.5 Å². The van der Waals surface area contributed by atoms with E-state index >= 15 is 0 Å². The smallest absolute Gasteiger partial charge is 1.00 e. The fraction of sp³-hybridized carbons (Fsp3) is 0.231. The number of aliphatic hydroxyl groups is 1. The number of halogens is 2. The molecule has 4 heteroatoms. The van der Waals surface area contributed by atoms with E-state index in [1.54, 1.807) is 0 Å². The van der Waals surface area contributed by atoms with Crippen molar-refractivity contribution in [2.45, 2.75) is 20.0 Å². The predicted octanol–water partition coefficient (Wildman–Crippen LogP) is -3.08. The summed E-state index contributed by atoms with van der Waals surface area (Å²) in [4.78, 5) is 0. The maximum Gasteiger partial charge on any atom is 2.00 e. The molecule has 90 valence electrons. The molecule has 0 bridgehead atoms. The fourth-order valence-electron chi connectivity index (χ4n) is 1.89. The minimum atomic E-state index is 0. The van der Waals surface area contributed by atoms with Crippen molar-refractivity contribution in [3.05, 3.63) is 53.1 Å². The monoisotopic (exact) mass is 304 g/mol. The summed E-state index contributed by atoms with van der Waals surface area (Å²) in [5.41, 5.74) is 4.86. The molecule has 1 aliphatic rings. The van der Waals surface area contributed by atoms with Crippen LogP contribution < -0.4 is 24.8 Å². The van der Waals surface area contributed by atoms with Crippen LogP contribution in [0, 0.1) is 0 Å². The Hall–Kier alpha value is -0.0457. The van der Waals surface area contributed by atoms with Gasteiger partial charge in [-0.05, 0) is 35.6 Å². The first-order chi connectivity index (χ1) is 6.83. The molecule has 0 spiro atoms. The second-order valence-electron chi connectivity index (χ2n) is 3.58. The van der Waals surface area contributed by atoms with Gasteiger partial charge in [0.15, 0.2) is 0 Å². The molecule has 0 saturated heterocycles. The van der Waals surface area contributed by atoms with Crippen molar-refractivity contribution < 1.29 is 51.6 Å². The molecule has 0 unspecified atom stereocenters. The summed E-state index contributed by atoms with van der Waals surface area (Å²) in [7, 11) is 0. The molecule has 0 aromatic heterocycles. The van der Waals surface area contributed by atoms with E-state index in [2.05, 4.69) is 25.1 Å². The molecule has 1 aliphatic carbocycles. The number of hydrogen-bond donors (Lipinski definition) is 1. The minimum absolute atomic E-state index is 0. The third-order valence-electron chi connectivity index (χ3n) is 2.68. The maximum atomic E-state index is 9.22. The van der Waals surface area contributed by atoms with Crippen LogP contribution in [0.4, 0.5) is 0 Å². The van der Waals surface area contributed by atoms with Crippen LogP contribution in [0.5, 0.6) is 0 Å². The van der Waals surface area contributed by atoms with E-state index < -0.39 is 0 Å². The molecule has 0 fully saturated rings. The molecular formula is C13H14Cl2OTi. The van der Waals surface area contributed by atoms with Crippen LogP contribution in [0.25, 0.3) is 5.57 Å². The summed E-state index contributed by atoms with van der Waals surface area (Å²) < 4.78 is 0. The molecule has 0 aliphatic heterocycles. The average molecular weight is 305 g/mol. The van der Waals surface area contributed by atoms with Gasteiger partial charge in [-0.2, -0.15) is 0 Å². The van der Waals surface area contributed by atoms with Crippen molar-refractivity contribution in [2.75, 3.05) is 0 Å². The Labute approximate surface area is 130 Å². The van der Waals surface area contributed by atoms with E-state index in [-0.39, 0.29) is 53.1 Å². The van der Waals surface area contributed by atoms with E-state index in [9.17, 15) is 5.11 Å². The van der Waals surface area contributed by atoms with E-state index in [1.165, 1.54) is 16.7 Å². The van der Waals surface area contributed by atoms with Crippen LogP contribution in [0.15, 0.2) is 42.0 Å². The van der Waals surface area contributed by atoms with Gasteiger partial charge in [-0.15, -0.1) is 0 Å². The number of rotatable bonds is 2. The zero-order valence-corrected chi connectivity index (χ0v) is 12.7. The van der Waals surface area contributed by atoms with Gasteiger partial charge >= 0.3 is 21.7 Å². The Morgan fingerprint density at radius 3 is 2.35 bits per heavy atom. The zero-order valence-electron chi connectivity index (χ0n) is 9.58. The molecule has 0 heterocycles. The van der Waals surface area contributed by atoms with Gasteiger partial charge in [0.05, 0.1) is 6.61 Å². The molecular weight excluding hydrogens is 291 g/mol. The van der Waals surface area contributed by atoms with E-state index in [1.807, 2.05) is 18.2 Å². The Morgan fingerprint density at radius 2 is 1.82 bits per heavy atom. The van der Waals surface area contributed by atoms with Crippen LogP contribution in [0.2, 0.25) is 0 Å². The van der Waals surface area contributed by atoms with Crippen molar-refractivity contribution in [2.24, 2.45) is 0 Å². The van der Waals surface area contributed by atoms with Crippen LogP contribution in [0.3, 0.4) is 0 Å². The van der Waals surface area contributed by atoms with Gasteiger partial charge in [-0.3, -0.25) is 0 Å². The van der Waals surface area contributed by atoms with Crippen molar-refractivity contribution in [1.82, 2.24) is 0 Å². The van der Waals surface area contributed by atoms with Gasteiger partial charge < -0.3 is 29.9 Å². The van der Waals surface area contributed by atoms with Crippen LogP contribution in [-0.4, -0.2) is 5.11 Å². The summed E-state index contributed by atoms with van der Waals surface area (Å²) in [6, 6.07) is 8.05. The second-order valence-corrected chi connectivity index (χ2v) is 3.58. The van der Waals surface area contributed by atoms with Crippen molar-refractivity contribution in [3.8, 4) is 0 Å². The Balaban J connectivity index is 0. The van der Waals surface area contributed by atoms with Crippen molar-refractivity contribution >= 4 is 5.57 Å². The number of aliphatic hydroxyl groups excluding tert-OH is 1. The van der Waals surface area contributed by atoms with Crippen molar-refractivity contribution in [3.63, 3.8) is 0 Å². The first kappa shape index (κ1) is 19.3. The molecule has 1 aromatic rings. The predicted molar refractivity (Wildman–Crippen MR) is 58.7 cm³/mol. The summed E-state index contributed by atoms with van der Waals surface area (Å²) in [6.07, 6.45) is 5.30. The van der Waals surface area contributed by atoms with Gasteiger partial charge in [0.25, 0.3) is 0 Å². The van der Waals surface area contributed by atoms with E-state index in [0.29, 0.717) is 0 Å². The third kappa shape index (κ3) is 4.28. The molecule has 2 rings (SSSR count). The number of hydrogen-bond acceptors (Lipinski definition) is 1. The Kier molecular flexibility index (Phi) is 10.2. The molecule has 0 atom stereocenters. The van der Waals surface area contributed by atoms with E-state index in [4.69, 9.17) is 0 Å². The first-order valence-electron chi connectivity index (χ1n) is 4.88. The zero-order chi connectivity index (χ0) is 9.97. The normalized spacial score (nSPS) is 12.6. The molecule has 0 saturated carbocycles. The molecule has 1 N–H and O–H groups in total. The average Bonchev–Trinajstić information content (AvgIpc) is 2.64. The third-order valence-corrected chi connectivity index (χ3v) is 2.68. The van der Waals surface area contributed by atoms with Gasteiger partial charge in [0.1, 0.15) is 0 Å².